The fraction of sp³-hybridized carbons (Fsp3) is 0.280. The number of nitrogens with zero attached hydrogens (tertiary/aromatic N) is 1. The van der Waals surface area contributed by atoms with E-state index in [2.05, 4.69) is 59.5 Å². The molecule has 2 nitrogen and oxygen atoms in total. The van der Waals surface area contributed by atoms with Gasteiger partial charge in [-0.2, -0.15) is 0 Å². The van der Waals surface area contributed by atoms with Crippen LogP contribution in [0, 0.1) is 0 Å². The fourth-order valence-electron chi connectivity index (χ4n) is 4.07. The normalized spacial score (nSPS) is 18.5. The SMILES string of the molecule is Clc1cccc(Cl)c1CC(c1ccccc1)[C@@H]1CN(Cc2ccccc2)CCO1. The van der Waals surface area contributed by atoms with Crippen LogP contribution in [-0.4, -0.2) is 30.7 Å². The molecule has 3 aromatic carbocycles. The van der Waals surface area contributed by atoms with Crippen molar-refractivity contribution in [2.45, 2.75) is 25.0 Å². The first-order valence-corrected chi connectivity index (χ1v) is 10.8. The Hall–Kier alpha value is -1.84. The maximum atomic E-state index is 6.50. The second-order valence-corrected chi connectivity index (χ2v) is 8.37. The zero-order chi connectivity index (χ0) is 20.1. The van der Waals surface area contributed by atoms with Crippen molar-refractivity contribution in [1.82, 2.24) is 4.90 Å². The van der Waals surface area contributed by atoms with Crippen LogP contribution in [0.5, 0.6) is 0 Å². The number of hydrogen-bond donors (Lipinski definition) is 0. The number of morpholine rings is 1. The van der Waals surface area contributed by atoms with Gasteiger partial charge >= 0.3 is 0 Å². The van der Waals surface area contributed by atoms with Crippen molar-refractivity contribution < 1.29 is 4.74 Å². The van der Waals surface area contributed by atoms with Crippen molar-refractivity contribution in [1.29, 1.82) is 0 Å². The van der Waals surface area contributed by atoms with Crippen LogP contribution < -0.4 is 0 Å². The summed E-state index contributed by atoms with van der Waals surface area (Å²) in [7, 11) is 0. The van der Waals surface area contributed by atoms with Gasteiger partial charge in [-0.3, -0.25) is 4.90 Å². The molecular weight excluding hydrogens is 401 g/mol. The van der Waals surface area contributed by atoms with Gasteiger partial charge in [-0.05, 0) is 35.2 Å². The lowest BCUT2D eigenvalue weighted by Crippen LogP contribution is -2.45. The molecule has 1 saturated heterocycles. The van der Waals surface area contributed by atoms with E-state index in [4.69, 9.17) is 27.9 Å². The molecule has 1 fully saturated rings. The van der Waals surface area contributed by atoms with E-state index < -0.39 is 0 Å². The van der Waals surface area contributed by atoms with Crippen LogP contribution in [0.25, 0.3) is 0 Å². The Balaban J connectivity index is 1.57. The summed E-state index contributed by atoms with van der Waals surface area (Å²) in [6.45, 7) is 3.50. The van der Waals surface area contributed by atoms with E-state index in [1.165, 1.54) is 11.1 Å². The molecule has 0 saturated carbocycles. The highest BCUT2D eigenvalue weighted by molar-refractivity contribution is 6.36. The van der Waals surface area contributed by atoms with Crippen LogP contribution >= 0.6 is 23.2 Å². The molecule has 4 rings (SSSR count). The third kappa shape index (κ3) is 5.21. The number of rotatable bonds is 6. The van der Waals surface area contributed by atoms with Gasteiger partial charge in [0.25, 0.3) is 0 Å². The van der Waals surface area contributed by atoms with E-state index in [-0.39, 0.29) is 12.0 Å². The van der Waals surface area contributed by atoms with Gasteiger partial charge in [0.2, 0.25) is 0 Å². The zero-order valence-corrected chi connectivity index (χ0v) is 17.8. The average molecular weight is 426 g/mol. The summed E-state index contributed by atoms with van der Waals surface area (Å²) in [4.78, 5) is 2.48. The Kier molecular flexibility index (Phi) is 6.89. The minimum absolute atomic E-state index is 0.0854. The Bertz CT molecular complexity index is 896. The molecule has 3 aromatic rings. The topological polar surface area (TPSA) is 12.5 Å². The lowest BCUT2D eigenvalue weighted by molar-refractivity contribution is -0.0444. The maximum absolute atomic E-state index is 6.50. The molecule has 0 aliphatic carbocycles. The van der Waals surface area contributed by atoms with Gasteiger partial charge < -0.3 is 4.74 Å². The first-order chi connectivity index (χ1) is 14.2. The minimum atomic E-state index is 0.0854. The molecule has 0 bridgehead atoms. The Morgan fingerprint density at radius 2 is 1.52 bits per heavy atom. The summed E-state index contributed by atoms with van der Waals surface area (Å²) < 4.78 is 6.29. The molecule has 2 atom stereocenters. The van der Waals surface area contributed by atoms with Gasteiger partial charge in [0.15, 0.2) is 0 Å². The molecule has 0 N–H and O–H groups in total. The van der Waals surface area contributed by atoms with Crippen LogP contribution in [-0.2, 0) is 17.7 Å². The predicted octanol–water partition coefficient (Wildman–Crippen LogP) is 6.22. The molecule has 0 amide bonds. The Morgan fingerprint density at radius 3 is 2.21 bits per heavy atom. The quantitative estimate of drug-likeness (QED) is 0.464. The van der Waals surface area contributed by atoms with Gasteiger partial charge in [-0.1, -0.05) is 89.9 Å². The molecular formula is C25H25Cl2NO. The summed E-state index contributed by atoms with van der Waals surface area (Å²) in [5.41, 5.74) is 3.59. The van der Waals surface area contributed by atoms with Gasteiger partial charge in [0.05, 0.1) is 12.7 Å². The zero-order valence-electron chi connectivity index (χ0n) is 16.3. The molecule has 29 heavy (non-hydrogen) atoms. The largest absolute Gasteiger partial charge is 0.375 e. The van der Waals surface area contributed by atoms with E-state index >= 15 is 0 Å². The Labute approximate surface area is 183 Å². The molecule has 1 unspecified atom stereocenters. The van der Waals surface area contributed by atoms with Crippen molar-refractivity contribution in [3.05, 3.63) is 106 Å². The van der Waals surface area contributed by atoms with Gasteiger partial charge in [0.1, 0.15) is 0 Å². The van der Waals surface area contributed by atoms with Crippen LogP contribution in [0.3, 0.4) is 0 Å². The van der Waals surface area contributed by atoms with E-state index in [1.807, 2.05) is 24.3 Å². The number of benzene rings is 3. The number of hydrogen-bond acceptors (Lipinski definition) is 2. The second-order valence-electron chi connectivity index (χ2n) is 7.55. The van der Waals surface area contributed by atoms with E-state index in [9.17, 15) is 0 Å². The van der Waals surface area contributed by atoms with Crippen molar-refractivity contribution in [3.8, 4) is 0 Å². The highest BCUT2D eigenvalue weighted by atomic mass is 35.5. The van der Waals surface area contributed by atoms with Crippen molar-refractivity contribution in [2.24, 2.45) is 0 Å². The van der Waals surface area contributed by atoms with Gasteiger partial charge in [0, 0.05) is 35.6 Å². The predicted molar refractivity (Wildman–Crippen MR) is 121 cm³/mol. The molecule has 150 valence electrons. The highest BCUT2D eigenvalue weighted by Gasteiger charge is 2.30. The summed E-state index contributed by atoms with van der Waals surface area (Å²) in [5.74, 6) is 0.187. The standard InChI is InChI=1S/C25H25Cl2NO/c26-23-12-7-13-24(27)22(23)16-21(20-10-5-2-6-11-20)25-18-28(14-15-29-25)17-19-8-3-1-4-9-19/h1-13,21,25H,14-18H2/t21?,25-/m0/s1. The molecule has 0 spiro atoms. The van der Waals surface area contributed by atoms with Crippen molar-refractivity contribution in [3.63, 3.8) is 0 Å². The average Bonchev–Trinajstić information content (AvgIpc) is 2.75. The summed E-state index contributed by atoms with van der Waals surface area (Å²) >= 11 is 13.0. The smallest absolute Gasteiger partial charge is 0.0774 e. The van der Waals surface area contributed by atoms with E-state index in [0.717, 1.165) is 48.3 Å². The van der Waals surface area contributed by atoms with Crippen molar-refractivity contribution in [2.75, 3.05) is 19.7 Å². The van der Waals surface area contributed by atoms with Crippen LogP contribution in [0.15, 0.2) is 78.9 Å². The van der Waals surface area contributed by atoms with E-state index in [1.54, 1.807) is 0 Å². The fourth-order valence-corrected chi connectivity index (χ4v) is 4.62. The third-order valence-electron chi connectivity index (χ3n) is 5.59. The van der Waals surface area contributed by atoms with Crippen LogP contribution in [0.1, 0.15) is 22.6 Å². The van der Waals surface area contributed by atoms with Crippen molar-refractivity contribution >= 4 is 23.2 Å². The number of ether oxygens (including phenoxy) is 1. The minimum Gasteiger partial charge on any atom is -0.375 e. The van der Waals surface area contributed by atoms with Gasteiger partial charge in [-0.25, -0.2) is 0 Å². The maximum Gasteiger partial charge on any atom is 0.0774 e. The molecule has 1 aliphatic heterocycles. The summed E-state index contributed by atoms with van der Waals surface area (Å²) in [5, 5.41) is 1.44. The number of halogens is 2. The van der Waals surface area contributed by atoms with Gasteiger partial charge in [-0.15, -0.1) is 0 Å². The summed E-state index contributed by atoms with van der Waals surface area (Å²) in [6, 6.07) is 26.9. The second kappa shape index (κ2) is 9.77. The molecule has 0 aromatic heterocycles. The lowest BCUT2D eigenvalue weighted by atomic mass is 9.86. The Morgan fingerprint density at radius 1 is 0.862 bits per heavy atom. The molecule has 1 heterocycles. The molecule has 4 heteroatoms. The summed E-state index contributed by atoms with van der Waals surface area (Å²) in [6.07, 6.45) is 0.842. The molecule has 1 aliphatic rings. The van der Waals surface area contributed by atoms with E-state index in [0.29, 0.717) is 0 Å². The molecule has 0 radical (unpaired) electrons. The lowest BCUT2D eigenvalue weighted by Gasteiger charge is -2.37. The van der Waals surface area contributed by atoms with Crippen LogP contribution in [0.4, 0.5) is 0 Å². The van der Waals surface area contributed by atoms with Crippen LogP contribution in [0.2, 0.25) is 10.0 Å². The first-order valence-electron chi connectivity index (χ1n) is 10.1. The third-order valence-corrected chi connectivity index (χ3v) is 6.30. The first kappa shape index (κ1) is 20.4. The monoisotopic (exact) mass is 425 g/mol. The highest BCUT2D eigenvalue weighted by Crippen LogP contribution is 2.34.